The zero-order valence-corrected chi connectivity index (χ0v) is 7.35. The molecule has 1 rings (SSSR count). The number of carbonyl (C=O) groups is 1. The molecule has 1 fully saturated rings. The summed E-state index contributed by atoms with van der Waals surface area (Å²) in [6.07, 6.45) is 0.875. The van der Waals surface area contributed by atoms with Gasteiger partial charge < -0.3 is 11.1 Å². The second-order valence-corrected chi connectivity index (χ2v) is 3.56. The Labute approximate surface area is 67.3 Å². The molecule has 3 heteroatoms. The largest absolute Gasteiger partial charge is 0.368 e. The Bertz CT molecular complexity index is 181. The van der Waals surface area contributed by atoms with Gasteiger partial charge in [-0.15, -0.1) is 0 Å². The van der Waals surface area contributed by atoms with Gasteiger partial charge in [0, 0.05) is 0 Å². The van der Waals surface area contributed by atoms with E-state index in [9.17, 15) is 4.79 Å². The number of rotatable bonds is 2. The van der Waals surface area contributed by atoms with Crippen LogP contribution in [-0.4, -0.2) is 18.5 Å². The van der Waals surface area contributed by atoms with Crippen molar-refractivity contribution < 1.29 is 4.79 Å². The minimum Gasteiger partial charge on any atom is -0.368 e. The molecule has 11 heavy (non-hydrogen) atoms. The molecule has 0 bridgehead atoms. The molecule has 1 amide bonds. The quantitative estimate of drug-likeness (QED) is 0.596. The van der Waals surface area contributed by atoms with E-state index in [1.807, 2.05) is 0 Å². The zero-order chi connectivity index (χ0) is 8.65. The standard InChI is InChI=1S/C8H16N2O/c1-5-4-8(10-3,6(5)2)7(9)11/h5-6,10H,4H2,1-3H3,(H2,9,11). The van der Waals surface area contributed by atoms with E-state index < -0.39 is 5.54 Å². The molecule has 0 heterocycles. The SMILES string of the molecule is CNC1(C(N)=O)CC(C)C1C. The Morgan fingerprint density at radius 2 is 2.18 bits per heavy atom. The molecular weight excluding hydrogens is 140 g/mol. The highest BCUT2D eigenvalue weighted by Gasteiger charge is 2.52. The number of likely N-dealkylation sites (N-methyl/N-ethyl adjacent to an activating group) is 1. The number of primary amides is 1. The number of nitrogens with two attached hydrogens (primary N) is 1. The highest BCUT2D eigenvalue weighted by molar-refractivity contribution is 5.86. The number of nitrogens with one attached hydrogen (secondary N) is 1. The van der Waals surface area contributed by atoms with Gasteiger partial charge in [0.1, 0.15) is 5.54 Å². The molecule has 0 aromatic rings. The van der Waals surface area contributed by atoms with Gasteiger partial charge >= 0.3 is 0 Å². The summed E-state index contributed by atoms with van der Waals surface area (Å²) in [7, 11) is 1.80. The molecule has 0 spiro atoms. The predicted molar refractivity (Wildman–Crippen MR) is 43.9 cm³/mol. The van der Waals surface area contributed by atoms with Crippen molar-refractivity contribution in [3.8, 4) is 0 Å². The fourth-order valence-electron chi connectivity index (χ4n) is 1.97. The Hall–Kier alpha value is -0.570. The fourth-order valence-corrected chi connectivity index (χ4v) is 1.97. The van der Waals surface area contributed by atoms with Crippen molar-refractivity contribution >= 4 is 5.91 Å². The van der Waals surface area contributed by atoms with Crippen molar-refractivity contribution in [3.63, 3.8) is 0 Å². The average molecular weight is 156 g/mol. The molecule has 0 saturated heterocycles. The third kappa shape index (κ3) is 0.948. The van der Waals surface area contributed by atoms with Crippen molar-refractivity contribution in [2.45, 2.75) is 25.8 Å². The molecule has 3 N–H and O–H groups in total. The summed E-state index contributed by atoms with van der Waals surface area (Å²) in [5.41, 5.74) is 4.88. The third-order valence-corrected chi connectivity index (χ3v) is 3.16. The summed E-state index contributed by atoms with van der Waals surface area (Å²) < 4.78 is 0. The molecule has 0 radical (unpaired) electrons. The van der Waals surface area contributed by atoms with E-state index in [1.54, 1.807) is 7.05 Å². The van der Waals surface area contributed by atoms with E-state index in [0.29, 0.717) is 11.8 Å². The van der Waals surface area contributed by atoms with Gasteiger partial charge in [0.15, 0.2) is 0 Å². The maximum Gasteiger partial charge on any atom is 0.238 e. The Morgan fingerprint density at radius 3 is 2.27 bits per heavy atom. The minimum absolute atomic E-state index is 0.217. The lowest BCUT2D eigenvalue weighted by atomic mass is 9.60. The van der Waals surface area contributed by atoms with Crippen molar-refractivity contribution in [2.75, 3.05) is 7.05 Å². The van der Waals surface area contributed by atoms with Gasteiger partial charge in [0.25, 0.3) is 0 Å². The summed E-state index contributed by atoms with van der Waals surface area (Å²) in [6.45, 7) is 4.21. The molecular formula is C8H16N2O. The van der Waals surface area contributed by atoms with Crippen LogP contribution in [0.1, 0.15) is 20.3 Å². The van der Waals surface area contributed by atoms with Gasteiger partial charge in [0.2, 0.25) is 5.91 Å². The van der Waals surface area contributed by atoms with Crippen LogP contribution in [0.3, 0.4) is 0 Å². The number of carbonyl (C=O) groups excluding carboxylic acids is 1. The van der Waals surface area contributed by atoms with Gasteiger partial charge in [-0.25, -0.2) is 0 Å². The normalized spacial score (nSPS) is 43.2. The van der Waals surface area contributed by atoms with E-state index >= 15 is 0 Å². The van der Waals surface area contributed by atoms with Gasteiger partial charge in [-0.1, -0.05) is 13.8 Å². The fraction of sp³-hybridized carbons (Fsp3) is 0.875. The van der Waals surface area contributed by atoms with E-state index in [0.717, 1.165) is 6.42 Å². The molecule has 0 aliphatic heterocycles. The smallest absolute Gasteiger partial charge is 0.238 e. The summed E-state index contributed by atoms with van der Waals surface area (Å²) in [5, 5.41) is 3.02. The van der Waals surface area contributed by atoms with Crippen molar-refractivity contribution in [1.29, 1.82) is 0 Å². The second kappa shape index (κ2) is 2.48. The highest BCUT2D eigenvalue weighted by Crippen LogP contribution is 2.42. The molecule has 3 atom stereocenters. The number of hydrogen-bond acceptors (Lipinski definition) is 2. The molecule has 1 aliphatic rings. The second-order valence-electron chi connectivity index (χ2n) is 3.56. The maximum atomic E-state index is 11.1. The van der Waals surface area contributed by atoms with Gasteiger partial charge in [-0.05, 0) is 25.3 Å². The molecule has 0 aromatic carbocycles. The molecule has 64 valence electrons. The summed E-state index contributed by atoms with van der Waals surface area (Å²) in [4.78, 5) is 11.1. The predicted octanol–water partition coefficient (Wildman–Crippen LogP) is 0.106. The number of hydrogen-bond donors (Lipinski definition) is 2. The summed E-state index contributed by atoms with van der Waals surface area (Å²) in [6, 6.07) is 0. The van der Waals surface area contributed by atoms with E-state index in [1.165, 1.54) is 0 Å². The Kier molecular flexibility index (Phi) is 1.92. The lowest BCUT2D eigenvalue weighted by molar-refractivity contribution is -0.134. The maximum absolute atomic E-state index is 11.1. The zero-order valence-electron chi connectivity index (χ0n) is 7.35. The van der Waals surface area contributed by atoms with Crippen LogP contribution in [0.15, 0.2) is 0 Å². The van der Waals surface area contributed by atoms with Crippen LogP contribution in [0.25, 0.3) is 0 Å². The van der Waals surface area contributed by atoms with Gasteiger partial charge in [-0.3, -0.25) is 4.79 Å². The van der Waals surface area contributed by atoms with Crippen molar-refractivity contribution in [1.82, 2.24) is 5.32 Å². The Balaban J connectivity index is 2.73. The van der Waals surface area contributed by atoms with Crippen LogP contribution in [-0.2, 0) is 4.79 Å². The lowest BCUT2D eigenvalue weighted by Crippen LogP contribution is -2.67. The first-order chi connectivity index (χ1) is 5.04. The van der Waals surface area contributed by atoms with Crippen LogP contribution in [0.2, 0.25) is 0 Å². The lowest BCUT2D eigenvalue weighted by Gasteiger charge is -2.50. The van der Waals surface area contributed by atoms with Gasteiger partial charge in [-0.2, -0.15) is 0 Å². The summed E-state index contributed by atoms with van der Waals surface area (Å²) in [5.74, 6) is 0.755. The first-order valence-corrected chi connectivity index (χ1v) is 4.03. The molecule has 1 saturated carbocycles. The molecule has 0 aromatic heterocycles. The number of amides is 1. The highest BCUT2D eigenvalue weighted by atomic mass is 16.1. The molecule has 3 unspecified atom stereocenters. The monoisotopic (exact) mass is 156 g/mol. The van der Waals surface area contributed by atoms with Crippen LogP contribution >= 0.6 is 0 Å². The topological polar surface area (TPSA) is 55.1 Å². The summed E-state index contributed by atoms with van der Waals surface area (Å²) >= 11 is 0. The van der Waals surface area contributed by atoms with Crippen LogP contribution in [0.5, 0.6) is 0 Å². The molecule has 3 nitrogen and oxygen atoms in total. The first kappa shape index (κ1) is 8.53. The molecule has 1 aliphatic carbocycles. The van der Waals surface area contributed by atoms with Crippen molar-refractivity contribution in [2.24, 2.45) is 17.6 Å². The van der Waals surface area contributed by atoms with E-state index in [4.69, 9.17) is 5.73 Å². The minimum atomic E-state index is -0.417. The third-order valence-electron chi connectivity index (χ3n) is 3.16. The van der Waals surface area contributed by atoms with E-state index in [-0.39, 0.29) is 5.91 Å². The van der Waals surface area contributed by atoms with Crippen molar-refractivity contribution in [3.05, 3.63) is 0 Å². The van der Waals surface area contributed by atoms with E-state index in [2.05, 4.69) is 19.2 Å². The Morgan fingerprint density at radius 1 is 1.64 bits per heavy atom. The van der Waals surface area contributed by atoms with Crippen LogP contribution in [0.4, 0.5) is 0 Å². The first-order valence-electron chi connectivity index (χ1n) is 4.03. The van der Waals surface area contributed by atoms with Crippen LogP contribution in [0, 0.1) is 11.8 Å². The average Bonchev–Trinajstić information content (AvgIpc) is 1.98. The van der Waals surface area contributed by atoms with Gasteiger partial charge in [0.05, 0.1) is 0 Å². The van der Waals surface area contributed by atoms with Crippen LogP contribution < -0.4 is 11.1 Å².